The Morgan fingerprint density at radius 2 is 2.36 bits per heavy atom. The summed E-state index contributed by atoms with van der Waals surface area (Å²) < 4.78 is 6.33. The minimum atomic E-state index is 0.0678. The molecule has 0 aliphatic carbocycles. The Hall–Kier alpha value is -0.840. The van der Waals surface area contributed by atoms with Gasteiger partial charge in [0.25, 0.3) is 0 Å². The van der Waals surface area contributed by atoms with E-state index in [4.69, 9.17) is 4.74 Å². The quantitative estimate of drug-likeness (QED) is 0.485. The second-order valence-corrected chi connectivity index (χ2v) is 3.96. The van der Waals surface area contributed by atoms with Gasteiger partial charge in [-0.25, -0.2) is 0 Å². The van der Waals surface area contributed by atoms with E-state index < -0.39 is 0 Å². The summed E-state index contributed by atoms with van der Waals surface area (Å²) in [7, 11) is 0. The summed E-state index contributed by atoms with van der Waals surface area (Å²) in [5.74, 6) is 0.855. The molecule has 0 saturated heterocycles. The monoisotopic (exact) mass is 302 g/mol. The molecule has 3 heteroatoms. The third-order valence-corrected chi connectivity index (χ3v) is 2.54. The van der Waals surface area contributed by atoms with Gasteiger partial charge in [0.1, 0.15) is 12.4 Å². The fourth-order valence-corrected chi connectivity index (χ4v) is 1.66. The summed E-state index contributed by atoms with van der Waals surface area (Å²) in [5, 5.41) is 0. The summed E-state index contributed by atoms with van der Waals surface area (Å²) in [6.45, 7) is 5.60. The van der Waals surface area contributed by atoms with Gasteiger partial charge in [-0.1, -0.05) is 12.7 Å². The Morgan fingerprint density at radius 1 is 1.64 bits per heavy atom. The van der Waals surface area contributed by atoms with Crippen LogP contribution in [0.3, 0.4) is 0 Å². The fourth-order valence-electron chi connectivity index (χ4n) is 0.986. The molecule has 1 rings (SSSR count). The van der Waals surface area contributed by atoms with Gasteiger partial charge in [-0.3, -0.25) is 4.79 Å². The zero-order valence-electron chi connectivity index (χ0n) is 7.92. The van der Waals surface area contributed by atoms with E-state index in [0.29, 0.717) is 12.2 Å². The van der Waals surface area contributed by atoms with Gasteiger partial charge in [0.15, 0.2) is 5.78 Å². The van der Waals surface area contributed by atoms with Crippen LogP contribution in [0.1, 0.15) is 17.3 Å². The first kappa shape index (κ1) is 11.2. The van der Waals surface area contributed by atoms with E-state index in [1.807, 2.05) is 12.1 Å². The van der Waals surface area contributed by atoms with E-state index in [9.17, 15) is 4.79 Å². The second-order valence-electron chi connectivity index (χ2n) is 2.80. The molecule has 2 nitrogen and oxygen atoms in total. The molecule has 74 valence electrons. The van der Waals surface area contributed by atoms with E-state index >= 15 is 0 Å². The third kappa shape index (κ3) is 2.83. The Kier molecular flexibility index (Phi) is 4.13. The average molecular weight is 302 g/mol. The van der Waals surface area contributed by atoms with Gasteiger partial charge in [-0.2, -0.15) is 0 Å². The molecule has 0 N–H and O–H groups in total. The first-order valence-corrected chi connectivity index (χ1v) is 5.27. The van der Waals surface area contributed by atoms with Crippen LogP contribution in [0.25, 0.3) is 0 Å². The highest BCUT2D eigenvalue weighted by Crippen LogP contribution is 2.22. The van der Waals surface area contributed by atoms with Crippen molar-refractivity contribution < 1.29 is 9.53 Å². The average Bonchev–Trinajstić information content (AvgIpc) is 2.15. The van der Waals surface area contributed by atoms with Gasteiger partial charge >= 0.3 is 0 Å². The Bertz CT molecular complexity index is 358. The lowest BCUT2D eigenvalue weighted by Gasteiger charge is -2.06. The van der Waals surface area contributed by atoms with Crippen LogP contribution in [0, 0.1) is 3.57 Å². The molecular weight excluding hydrogens is 291 g/mol. The van der Waals surface area contributed by atoms with Crippen LogP contribution in [0.2, 0.25) is 0 Å². The zero-order valence-corrected chi connectivity index (χ0v) is 10.1. The van der Waals surface area contributed by atoms with Gasteiger partial charge in [0.2, 0.25) is 0 Å². The number of ether oxygens (including phenoxy) is 1. The highest BCUT2D eigenvalue weighted by atomic mass is 127. The summed E-state index contributed by atoms with van der Waals surface area (Å²) in [6.07, 6.45) is 1.69. The number of Topliss-reactive ketones (excluding diaryl/α,β-unsaturated/α-hetero) is 1. The largest absolute Gasteiger partial charge is 0.488 e. The molecule has 1 aromatic rings. The van der Waals surface area contributed by atoms with Crippen molar-refractivity contribution in [3.8, 4) is 5.75 Å². The minimum absolute atomic E-state index is 0.0678. The first-order chi connectivity index (χ1) is 6.65. The fraction of sp³-hybridized carbons (Fsp3) is 0.182. The topological polar surface area (TPSA) is 26.3 Å². The lowest BCUT2D eigenvalue weighted by molar-refractivity contribution is 0.101. The summed E-state index contributed by atoms with van der Waals surface area (Å²) >= 11 is 2.15. The molecule has 1 aromatic carbocycles. The van der Waals surface area contributed by atoms with E-state index in [1.165, 1.54) is 0 Å². The molecular formula is C11H11IO2. The van der Waals surface area contributed by atoms with Crippen molar-refractivity contribution >= 4 is 28.4 Å². The van der Waals surface area contributed by atoms with Gasteiger partial charge < -0.3 is 4.74 Å². The van der Waals surface area contributed by atoms with Crippen molar-refractivity contribution in [3.05, 3.63) is 40.0 Å². The molecule has 0 aromatic heterocycles. The summed E-state index contributed by atoms with van der Waals surface area (Å²) in [5.41, 5.74) is 0.709. The van der Waals surface area contributed by atoms with Crippen molar-refractivity contribution in [2.24, 2.45) is 0 Å². The maximum Gasteiger partial charge on any atom is 0.159 e. The van der Waals surface area contributed by atoms with Crippen LogP contribution < -0.4 is 4.74 Å². The highest BCUT2D eigenvalue weighted by molar-refractivity contribution is 14.1. The van der Waals surface area contributed by atoms with Gasteiger partial charge in [-0.05, 0) is 47.7 Å². The smallest absolute Gasteiger partial charge is 0.159 e. The number of carbonyl (C=O) groups excluding carboxylic acids is 1. The van der Waals surface area contributed by atoms with E-state index in [0.717, 1.165) is 9.32 Å². The molecule has 0 bridgehead atoms. The van der Waals surface area contributed by atoms with Crippen LogP contribution in [-0.4, -0.2) is 12.4 Å². The molecule has 0 spiro atoms. The molecule has 14 heavy (non-hydrogen) atoms. The van der Waals surface area contributed by atoms with E-state index in [-0.39, 0.29) is 5.78 Å². The Labute approximate surface area is 97.1 Å². The maximum atomic E-state index is 11.1. The summed E-state index contributed by atoms with van der Waals surface area (Å²) in [4.78, 5) is 11.1. The number of ketones is 1. The third-order valence-electron chi connectivity index (χ3n) is 1.70. The Balaban J connectivity index is 2.89. The molecule has 0 aliphatic rings. The van der Waals surface area contributed by atoms with Gasteiger partial charge in [0, 0.05) is 5.56 Å². The SMILES string of the molecule is C=CCOc1ccc(C(C)=O)cc1I. The number of benzene rings is 1. The van der Waals surface area contributed by atoms with Crippen LogP contribution in [0.5, 0.6) is 5.75 Å². The van der Waals surface area contributed by atoms with Gasteiger partial charge in [-0.15, -0.1) is 0 Å². The number of carbonyl (C=O) groups is 1. The van der Waals surface area contributed by atoms with E-state index in [2.05, 4.69) is 29.2 Å². The van der Waals surface area contributed by atoms with Crippen LogP contribution in [0.4, 0.5) is 0 Å². The molecule has 0 atom stereocenters. The molecule has 0 amide bonds. The summed E-state index contributed by atoms with van der Waals surface area (Å²) in [6, 6.07) is 5.40. The van der Waals surface area contributed by atoms with Crippen molar-refractivity contribution in [2.75, 3.05) is 6.61 Å². The maximum absolute atomic E-state index is 11.1. The molecule has 0 fully saturated rings. The first-order valence-electron chi connectivity index (χ1n) is 4.19. The van der Waals surface area contributed by atoms with Crippen molar-refractivity contribution in [1.29, 1.82) is 0 Å². The lowest BCUT2D eigenvalue weighted by atomic mass is 10.1. The standard InChI is InChI=1S/C11H11IO2/c1-3-6-14-11-5-4-9(8(2)13)7-10(11)12/h3-5,7H,1,6H2,2H3. The molecule has 0 radical (unpaired) electrons. The van der Waals surface area contributed by atoms with Crippen molar-refractivity contribution in [2.45, 2.75) is 6.92 Å². The van der Waals surface area contributed by atoms with Crippen LogP contribution in [-0.2, 0) is 0 Å². The normalized spacial score (nSPS) is 9.57. The number of rotatable bonds is 4. The number of hydrogen-bond acceptors (Lipinski definition) is 2. The molecule has 0 unspecified atom stereocenters. The Morgan fingerprint density at radius 3 is 2.86 bits per heavy atom. The van der Waals surface area contributed by atoms with Crippen LogP contribution >= 0.6 is 22.6 Å². The lowest BCUT2D eigenvalue weighted by Crippen LogP contribution is -1.98. The minimum Gasteiger partial charge on any atom is -0.488 e. The number of hydrogen-bond donors (Lipinski definition) is 0. The van der Waals surface area contributed by atoms with Gasteiger partial charge in [0.05, 0.1) is 3.57 Å². The molecule has 0 saturated carbocycles. The zero-order chi connectivity index (χ0) is 10.6. The van der Waals surface area contributed by atoms with Crippen LogP contribution in [0.15, 0.2) is 30.9 Å². The predicted octanol–water partition coefficient (Wildman–Crippen LogP) is 3.06. The highest BCUT2D eigenvalue weighted by Gasteiger charge is 2.04. The molecule has 0 heterocycles. The second kappa shape index (κ2) is 5.14. The van der Waals surface area contributed by atoms with Crippen molar-refractivity contribution in [3.63, 3.8) is 0 Å². The van der Waals surface area contributed by atoms with E-state index in [1.54, 1.807) is 19.1 Å². The molecule has 0 aliphatic heterocycles. The predicted molar refractivity (Wildman–Crippen MR) is 64.9 cm³/mol. The number of halogens is 1. The van der Waals surface area contributed by atoms with Crippen molar-refractivity contribution in [1.82, 2.24) is 0 Å².